The Hall–Kier alpha value is -3.12. The molecule has 2 aromatic carbocycles. The van der Waals surface area contributed by atoms with Gasteiger partial charge in [-0.05, 0) is 49.1 Å². The van der Waals surface area contributed by atoms with Gasteiger partial charge in [-0.15, -0.1) is 0 Å². The van der Waals surface area contributed by atoms with Crippen LogP contribution in [0.15, 0.2) is 54.1 Å². The van der Waals surface area contributed by atoms with Crippen LogP contribution in [0, 0.1) is 6.92 Å². The third kappa shape index (κ3) is 5.02. The molecule has 0 aromatic heterocycles. The van der Waals surface area contributed by atoms with Gasteiger partial charge in [0, 0.05) is 25.8 Å². The summed E-state index contributed by atoms with van der Waals surface area (Å²) < 4.78 is 10.9. The average molecular weight is 438 g/mol. The minimum Gasteiger partial charge on any atom is -0.507 e. The Morgan fingerprint density at radius 3 is 2.47 bits per heavy atom. The Bertz CT molecular complexity index is 983. The van der Waals surface area contributed by atoms with Gasteiger partial charge in [0.25, 0.3) is 11.7 Å². The smallest absolute Gasteiger partial charge is 0.295 e. The molecule has 1 aliphatic heterocycles. The van der Waals surface area contributed by atoms with Gasteiger partial charge < -0.3 is 19.5 Å². The monoisotopic (exact) mass is 437 g/mol. The van der Waals surface area contributed by atoms with Crippen LogP contribution in [-0.4, -0.2) is 48.6 Å². The molecule has 0 unspecified atom stereocenters. The number of hydrogen-bond acceptors (Lipinski definition) is 5. The summed E-state index contributed by atoms with van der Waals surface area (Å²) in [4.78, 5) is 27.4. The number of likely N-dealkylation sites (tertiary alicyclic amines) is 1. The molecule has 0 spiro atoms. The van der Waals surface area contributed by atoms with Gasteiger partial charge in [0.05, 0.1) is 18.2 Å². The number of aliphatic hydroxyl groups excluding tert-OH is 1. The second-order valence-electron chi connectivity index (χ2n) is 7.93. The van der Waals surface area contributed by atoms with E-state index >= 15 is 0 Å². The van der Waals surface area contributed by atoms with Gasteiger partial charge in [-0.25, -0.2) is 0 Å². The van der Waals surface area contributed by atoms with Crippen LogP contribution in [0.4, 0.5) is 0 Å². The molecule has 0 bridgehead atoms. The van der Waals surface area contributed by atoms with Gasteiger partial charge in [0.15, 0.2) is 0 Å². The molecular formula is C26H31NO5. The molecule has 32 heavy (non-hydrogen) atoms. The number of ether oxygens (including phenoxy) is 2. The van der Waals surface area contributed by atoms with Gasteiger partial charge in [-0.1, -0.05) is 43.7 Å². The Balaban J connectivity index is 2.01. The molecule has 1 heterocycles. The molecule has 1 saturated heterocycles. The summed E-state index contributed by atoms with van der Waals surface area (Å²) in [7, 11) is 1.60. The number of benzene rings is 2. The number of ketones is 1. The van der Waals surface area contributed by atoms with Crippen LogP contribution in [0.3, 0.4) is 0 Å². The first-order valence-corrected chi connectivity index (χ1v) is 11.1. The van der Waals surface area contributed by atoms with E-state index in [1.165, 1.54) is 4.90 Å². The second-order valence-corrected chi connectivity index (χ2v) is 7.93. The molecule has 1 aliphatic rings. The number of hydrogen-bond donors (Lipinski definition) is 1. The fourth-order valence-corrected chi connectivity index (χ4v) is 3.91. The third-order valence-electron chi connectivity index (χ3n) is 5.61. The summed E-state index contributed by atoms with van der Waals surface area (Å²) >= 11 is 0. The fraction of sp³-hybridized carbons (Fsp3) is 0.385. The van der Waals surface area contributed by atoms with Crippen LogP contribution in [0.5, 0.6) is 5.75 Å². The number of aliphatic hydroxyl groups is 1. The highest BCUT2D eigenvalue weighted by molar-refractivity contribution is 6.46. The van der Waals surface area contributed by atoms with Crippen molar-refractivity contribution in [2.24, 2.45) is 0 Å². The van der Waals surface area contributed by atoms with Crippen LogP contribution in [0.2, 0.25) is 0 Å². The SMILES string of the molecule is CCCCOc1ccc(/C(O)=C2\C(=O)C(=O)N(CCCOC)[C@@H]2c2ccccc2)cc1C. The summed E-state index contributed by atoms with van der Waals surface area (Å²) in [5.74, 6) is -0.702. The lowest BCUT2D eigenvalue weighted by molar-refractivity contribution is -0.140. The highest BCUT2D eigenvalue weighted by atomic mass is 16.5. The normalized spacial score (nSPS) is 17.7. The number of aryl methyl sites for hydroxylation is 1. The van der Waals surface area contributed by atoms with Crippen LogP contribution in [0.25, 0.3) is 5.76 Å². The number of methoxy groups -OCH3 is 1. The number of rotatable bonds is 10. The summed E-state index contributed by atoms with van der Waals surface area (Å²) in [5.41, 5.74) is 2.23. The predicted molar refractivity (Wildman–Crippen MR) is 124 cm³/mol. The van der Waals surface area contributed by atoms with Crippen molar-refractivity contribution in [3.05, 3.63) is 70.8 Å². The van der Waals surface area contributed by atoms with Crippen molar-refractivity contribution in [3.8, 4) is 5.75 Å². The van der Waals surface area contributed by atoms with Gasteiger partial charge in [0.1, 0.15) is 11.5 Å². The Kier molecular flexibility index (Phi) is 8.06. The van der Waals surface area contributed by atoms with E-state index in [2.05, 4.69) is 6.92 Å². The quantitative estimate of drug-likeness (QED) is 0.254. The number of Topliss-reactive ketones (excluding diaryl/α,β-unsaturated/α-hetero) is 1. The lowest BCUT2D eigenvalue weighted by Crippen LogP contribution is -2.31. The number of carbonyl (C=O) groups is 2. The van der Waals surface area contributed by atoms with E-state index in [4.69, 9.17) is 9.47 Å². The van der Waals surface area contributed by atoms with Crippen molar-refractivity contribution >= 4 is 17.4 Å². The number of nitrogens with zero attached hydrogens (tertiary/aromatic N) is 1. The molecule has 1 amide bonds. The molecule has 170 valence electrons. The predicted octanol–water partition coefficient (Wildman–Crippen LogP) is 4.63. The molecule has 3 rings (SSSR count). The first kappa shape index (κ1) is 23.5. The minimum atomic E-state index is -0.672. The lowest BCUT2D eigenvalue weighted by Gasteiger charge is -2.25. The van der Waals surface area contributed by atoms with Crippen molar-refractivity contribution in [3.63, 3.8) is 0 Å². The maximum absolute atomic E-state index is 13.0. The largest absolute Gasteiger partial charge is 0.507 e. The molecule has 6 nitrogen and oxygen atoms in total. The fourth-order valence-electron chi connectivity index (χ4n) is 3.91. The van der Waals surface area contributed by atoms with Gasteiger partial charge >= 0.3 is 0 Å². The first-order chi connectivity index (χ1) is 15.5. The van der Waals surface area contributed by atoms with Gasteiger partial charge in [-0.3, -0.25) is 9.59 Å². The van der Waals surface area contributed by atoms with Crippen LogP contribution < -0.4 is 4.74 Å². The number of amides is 1. The van der Waals surface area contributed by atoms with Crippen molar-refractivity contribution in [2.45, 2.75) is 39.2 Å². The van der Waals surface area contributed by atoms with Crippen molar-refractivity contribution in [1.82, 2.24) is 4.90 Å². The Morgan fingerprint density at radius 1 is 1.06 bits per heavy atom. The number of unbranched alkanes of at least 4 members (excludes halogenated alkanes) is 1. The zero-order valence-electron chi connectivity index (χ0n) is 19.0. The van der Waals surface area contributed by atoms with E-state index in [1.54, 1.807) is 25.3 Å². The number of carbonyl (C=O) groups excluding carboxylic acids is 2. The summed E-state index contributed by atoms with van der Waals surface area (Å²) in [6, 6.07) is 14.0. The maximum atomic E-state index is 13.0. The summed E-state index contributed by atoms with van der Waals surface area (Å²) in [6.45, 7) is 5.46. The Morgan fingerprint density at radius 2 is 1.81 bits per heavy atom. The first-order valence-electron chi connectivity index (χ1n) is 11.1. The molecule has 2 aromatic rings. The zero-order valence-corrected chi connectivity index (χ0v) is 19.0. The van der Waals surface area contributed by atoms with Crippen molar-refractivity contribution < 1.29 is 24.2 Å². The molecule has 6 heteroatoms. The molecule has 1 fully saturated rings. The maximum Gasteiger partial charge on any atom is 0.295 e. The highest BCUT2D eigenvalue weighted by Crippen LogP contribution is 2.39. The van der Waals surface area contributed by atoms with Crippen LogP contribution in [0.1, 0.15) is 48.9 Å². The van der Waals surface area contributed by atoms with E-state index < -0.39 is 17.7 Å². The zero-order chi connectivity index (χ0) is 23.1. The van der Waals surface area contributed by atoms with Gasteiger partial charge in [0.2, 0.25) is 0 Å². The third-order valence-corrected chi connectivity index (χ3v) is 5.61. The Labute approximate surface area is 189 Å². The molecule has 0 aliphatic carbocycles. The molecule has 0 radical (unpaired) electrons. The summed E-state index contributed by atoms with van der Waals surface area (Å²) in [5, 5.41) is 11.2. The molecule has 1 atom stereocenters. The molecule has 1 N–H and O–H groups in total. The topological polar surface area (TPSA) is 76.1 Å². The van der Waals surface area contributed by atoms with Crippen molar-refractivity contribution in [2.75, 3.05) is 26.9 Å². The van der Waals surface area contributed by atoms with Crippen LogP contribution in [-0.2, 0) is 14.3 Å². The summed E-state index contributed by atoms with van der Waals surface area (Å²) in [6.07, 6.45) is 2.60. The lowest BCUT2D eigenvalue weighted by atomic mass is 9.95. The molecular weight excluding hydrogens is 406 g/mol. The van der Waals surface area contributed by atoms with E-state index in [0.29, 0.717) is 31.7 Å². The standard InChI is InChI=1S/C26H31NO5/c1-4-5-16-32-21-13-12-20(17-18(21)2)24(28)22-23(19-10-7-6-8-11-19)27(14-9-15-31-3)26(30)25(22)29/h6-8,10-13,17,23,28H,4-5,9,14-16H2,1-3H3/b24-22+/t23-/m1/s1. The van der Waals surface area contributed by atoms with E-state index in [0.717, 1.165) is 29.7 Å². The second kappa shape index (κ2) is 11.0. The van der Waals surface area contributed by atoms with Crippen LogP contribution >= 0.6 is 0 Å². The van der Waals surface area contributed by atoms with Crippen molar-refractivity contribution in [1.29, 1.82) is 0 Å². The molecule has 0 saturated carbocycles. The van der Waals surface area contributed by atoms with Gasteiger partial charge in [-0.2, -0.15) is 0 Å². The highest BCUT2D eigenvalue weighted by Gasteiger charge is 2.45. The van der Waals surface area contributed by atoms with E-state index in [9.17, 15) is 14.7 Å². The van der Waals surface area contributed by atoms with E-state index in [1.807, 2.05) is 37.3 Å². The minimum absolute atomic E-state index is 0.109. The average Bonchev–Trinajstić information content (AvgIpc) is 3.05. The van der Waals surface area contributed by atoms with E-state index in [-0.39, 0.29) is 11.3 Å².